The van der Waals surface area contributed by atoms with E-state index in [1.807, 2.05) is 49.4 Å². The number of amides is 1. The van der Waals surface area contributed by atoms with Crippen molar-refractivity contribution in [1.82, 2.24) is 4.90 Å². The number of benzene rings is 2. The number of rotatable bonds is 2. The van der Waals surface area contributed by atoms with Gasteiger partial charge in [0.05, 0.1) is 5.92 Å². The highest BCUT2D eigenvalue weighted by Crippen LogP contribution is 2.28. The van der Waals surface area contributed by atoms with Gasteiger partial charge in [0.2, 0.25) is 0 Å². The smallest absolute Gasteiger partial charge is 0.308 e. The van der Waals surface area contributed by atoms with Crippen molar-refractivity contribution in [2.24, 2.45) is 5.92 Å². The molecule has 2 unspecified atom stereocenters. The maximum absolute atomic E-state index is 12.8. The zero-order chi connectivity index (χ0) is 15.0. The van der Waals surface area contributed by atoms with Crippen molar-refractivity contribution in [3.05, 3.63) is 48.0 Å². The quantitative estimate of drug-likeness (QED) is 0.922. The van der Waals surface area contributed by atoms with E-state index in [4.69, 9.17) is 0 Å². The minimum atomic E-state index is -0.823. The van der Waals surface area contributed by atoms with E-state index in [1.54, 1.807) is 4.90 Å². The Bertz CT molecular complexity index is 705. The van der Waals surface area contributed by atoms with Crippen molar-refractivity contribution in [1.29, 1.82) is 0 Å². The van der Waals surface area contributed by atoms with Crippen molar-refractivity contribution in [2.75, 3.05) is 6.54 Å². The number of carboxylic acids is 1. The number of likely N-dealkylation sites (tertiary alicyclic amines) is 1. The molecule has 1 aliphatic heterocycles. The highest BCUT2D eigenvalue weighted by Gasteiger charge is 2.38. The second-order valence-corrected chi connectivity index (χ2v) is 5.50. The van der Waals surface area contributed by atoms with E-state index in [-0.39, 0.29) is 11.9 Å². The fourth-order valence-electron chi connectivity index (χ4n) is 3.12. The van der Waals surface area contributed by atoms with Gasteiger partial charge in [-0.15, -0.1) is 0 Å². The van der Waals surface area contributed by atoms with Gasteiger partial charge >= 0.3 is 5.97 Å². The summed E-state index contributed by atoms with van der Waals surface area (Å²) >= 11 is 0. The summed E-state index contributed by atoms with van der Waals surface area (Å²) in [6, 6.07) is 13.1. The number of aliphatic carboxylic acids is 1. The van der Waals surface area contributed by atoms with Crippen molar-refractivity contribution in [3.63, 3.8) is 0 Å². The maximum atomic E-state index is 12.8. The molecule has 1 saturated heterocycles. The molecule has 0 spiro atoms. The largest absolute Gasteiger partial charge is 0.481 e. The molecule has 3 rings (SSSR count). The molecular formula is C17H17NO3. The van der Waals surface area contributed by atoms with Crippen molar-refractivity contribution in [2.45, 2.75) is 19.4 Å². The van der Waals surface area contributed by atoms with E-state index in [9.17, 15) is 14.7 Å². The molecule has 4 nitrogen and oxygen atoms in total. The van der Waals surface area contributed by atoms with E-state index < -0.39 is 11.9 Å². The highest BCUT2D eigenvalue weighted by molar-refractivity contribution is 6.07. The third-order valence-electron chi connectivity index (χ3n) is 4.35. The Hall–Kier alpha value is -2.36. The lowest BCUT2D eigenvalue weighted by molar-refractivity contribution is -0.142. The van der Waals surface area contributed by atoms with Gasteiger partial charge in [0, 0.05) is 18.2 Å². The van der Waals surface area contributed by atoms with E-state index in [1.165, 1.54) is 0 Å². The average Bonchev–Trinajstić information content (AvgIpc) is 2.88. The van der Waals surface area contributed by atoms with Crippen molar-refractivity contribution in [3.8, 4) is 0 Å². The van der Waals surface area contributed by atoms with E-state index >= 15 is 0 Å². The Morgan fingerprint density at radius 3 is 2.57 bits per heavy atom. The van der Waals surface area contributed by atoms with E-state index in [0.29, 0.717) is 18.5 Å². The molecule has 1 fully saturated rings. The first-order chi connectivity index (χ1) is 10.1. The summed E-state index contributed by atoms with van der Waals surface area (Å²) in [4.78, 5) is 25.6. The topological polar surface area (TPSA) is 57.6 Å². The first-order valence-corrected chi connectivity index (χ1v) is 7.11. The number of hydrogen-bond donors (Lipinski definition) is 1. The molecule has 0 saturated carbocycles. The number of carbonyl (C=O) groups excluding carboxylic acids is 1. The minimum absolute atomic E-state index is 0.0805. The Morgan fingerprint density at radius 2 is 1.86 bits per heavy atom. The molecule has 108 valence electrons. The van der Waals surface area contributed by atoms with Crippen LogP contribution in [0.3, 0.4) is 0 Å². The third kappa shape index (κ3) is 2.27. The second-order valence-electron chi connectivity index (χ2n) is 5.50. The maximum Gasteiger partial charge on any atom is 0.308 e. The molecule has 0 radical (unpaired) electrons. The molecule has 21 heavy (non-hydrogen) atoms. The number of carbonyl (C=O) groups is 2. The molecule has 0 aromatic heterocycles. The van der Waals surface area contributed by atoms with Crippen LogP contribution in [-0.4, -0.2) is 34.5 Å². The van der Waals surface area contributed by atoms with Crippen LogP contribution in [0.25, 0.3) is 10.8 Å². The van der Waals surface area contributed by atoms with Gasteiger partial charge in [-0.05, 0) is 30.2 Å². The molecule has 4 heteroatoms. The lowest BCUT2D eigenvalue weighted by Gasteiger charge is -2.24. The van der Waals surface area contributed by atoms with Crippen LogP contribution >= 0.6 is 0 Å². The Kier molecular flexibility index (Phi) is 3.37. The van der Waals surface area contributed by atoms with Crippen LogP contribution in [-0.2, 0) is 4.79 Å². The number of fused-ring (bicyclic) bond motifs is 1. The van der Waals surface area contributed by atoms with Crippen LogP contribution in [0.15, 0.2) is 42.5 Å². The number of hydrogen-bond acceptors (Lipinski definition) is 2. The zero-order valence-corrected chi connectivity index (χ0v) is 11.8. The predicted octanol–water partition coefficient (Wildman–Crippen LogP) is 2.78. The Labute approximate surface area is 123 Å². The molecular weight excluding hydrogens is 266 g/mol. The fourth-order valence-corrected chi connectivity index (χ4v) is 3.12. The molecule has 0 aliphatic carbocycles. The van der Waals surface area contributed by atoms with Gasteiger partial charge in [0.25, 0.3) is 5.91 Å². The summed E-state index contributed by atoms with van der Waals surface area (Å²) in [5, 5.41) is 11.1. The van der Waals surface area contributed by atoms with Crippen LogP contribution in [0.2, 0.25) is 0 Å². The number of nitrogens with zero attached hydrogens (tertiary/aromatic N) is 1. The average molecular weight is 283 g/mol. The summed E-state index contributed by atoms with van der Waals surface area (Å²) in [6.07, 6.45) is 0.521. The normalized spacial score (nSPS) is 21.7. The first-order valence-electron chi connectivity index (χ1n) is 7.11. The summed E-state index contributed by atoms with van der Waals surface area (Å²) in [6.45, 7) is 2.31. The van der Waals surface area contributed by atoms with Crippen molar-refractivity contribution < 1.29 is 14.7 Å². The van der Waals surface area contributed by atoms with Crippen LogP contribution in [0.4, 0.5) is 0 Å². The lowest BCUT2D eigenvalue weighted by atomic mass is 10.0. The van der Waals surface area contributed by atoms with Gasteiger partial charge in [0.15, 0.2) is 0 Å². The molecule has 1 aliphatic rings. The molecule has 1 heterocycles. The molecule has 2 aromatic rings. The van der Waals surface area contributed by atoms with Gasteiger partial charge in [-0.25, -0.2) is 0 Å². The van der Waals surface area contributed by atoms with Crippen LogP contribution < -0.4 is 0 Å². The van der Waals surface area contributed by atoms with Gasteiger partial charge in [-0.1, -0.05) is 36.4 Å². The first kappa shape index (κ1) is 13.6. The Morgan fingerprint density at radius 1 is 1.14 bits per heavy atom. The van der Waals surface area contributed by atoms with E-state index in [2.05, 4.69) is 0 Å². The van der Waals surface area contributed by atoms with E-state index in [0.717, 1.165) is 10.8 Å². The van der Waals surface area contributed by atoms with Gasteiger partial charge in [0.1, 0.15) is 0 Å². The SMILES string of the molecule is CC1C(C(=O)O)CCN1C(=O)c1cccc2ccccc12. The molecule has 2 atom stereocenters. The molecule has 1 amide bonds. The zero-order valence-electron chi connectivity index (χ0n) is 11.8. The van der Waals surface area contributed by atoms with Crippen LogP contribution in [0.5, 0.6) is 0 Å². The van der Waals surface area contributed by atoms with Crippen LogP contribution in [0.1, 0.15) is 23.7 Å². The summed E-state index contributed by atoms with van der Waals surface area (Å²) in [5.41, 5.74) is 0.644. The second kappa shape index (κ2) is 5.20. The standard InChI is InChI=1S/C17H17NO3/c1-11-13(17(20)21)9-10-18(11)16(19)15-8-4-6-12-5-2-3-7-14(12)15/h2-8,11,13H,9-10H2,1H3,(H,20,21). The van der Waals surface area contributed by atoms with Crippen LogP contribution in [0, 0.1) is 5.92 Å². The predicted molar refractivity (Wildman–Crippen MR) is 80.2 cm³/mol. The van der Waals surface area contributed by atoms with Gasteiger partial charge in [-0.3, -0.25) is 9.59 Å². The summed E-state index contributed by atoms with van der Waals surface area (Å²) < 4.78 is 0. The monoisotopic (exact) mass is 283 g/mol. The summed E-state index contributed by atoms with van der Waals surface area (Å²) in [7, 11) is 0. The third-order valence-corrected chi connectivity index (χ3v) is 4.35. The van der Waals surface area contributed by atoms with Gasteiger partial charge < -0.3 is 10.0 Å². The summed E-state index contributed by atoms with van der Waals surface area (Å²) in [5.74, 6) is -1.37. The Balaban J connectivity index is 1.97. The van der Waals surface area contributed by atoms with Gasteiger partial charge in [-0.2, -0.15) is 0 Å². The fraction of sp³-hybridized carbons (Fsp3) is 0.294. The lowest BCUT2D eigenvalue weighted by Crippen LogP contribution is -2.37. The highest BCUT2D eigenvalue weighted by atomic mass is 16.4. The molecule has 1 N–H and O–H groups in total. The minimum Gasteiger partial charge on any atom is -0.481 e. The number of carboxylic acid groups (broad SMARTS) is 1. The molecule has 2 aromatic carbocycles. The molecule has 0 bridgehead atoms. The van der Waals surface area contributed by atoms with Crippen molar-refractivity contribution >= 4 is 22.6 Å².